The summed E-state index contributed by atoms with van der Waals surface area (Å²) in [7, 11) is 0. The molecule has 0 radical (unpaired) electrons. The van der Waals surface area contributed by atoms with Crippen LogP contribution in [0.3, 0.4) is 0 Å². The number of alkyl halides is 3. The molecular formula is C104H126ClF3N8O20. The Bertz CT molecular complexity index is 4750. The van der Waals surface area contributed by atoms with E-state index < -0.39 is 37.7 Å². The van der Waals surface area contributed by atoms with E-state index in [4.69, 9.17) is 47.7 Å². The molecule has 15 rings (SSSR count). The first-order chi connectivity index (χ1) is 66.2. The Balaban J connectivity index is 0.000000214. The van der Waals surface area contributed by atoms with Gasteiger partial charge >= 0.3 is 0 Å². The molecule has 0 spiro atoms. The van der Waals surface area contributed by atoms with E-state index in [9.17, 15) is 56.9 Å². The van der Waals surface area contributed by atoms with Gasteiger partial charge in [0, 0.05) is 56.9 Å². The number of aliphatic hydroxyl groups excluding tert-OH is 3. The number of hydrogen-bond acceptors (Lipinski definition) is 23. The average molecular weight is 1900 g/mol. The predicted molar refractivity (Wildman–Crippen MR) is 510 cm³/mol. The second-order valence-corrected chi connectivity index (χ2v) is 31.1. The topological polar surface area (TPSA) is 334 Å². The molecular weight excluding hydrogens is 1770 g/mol. The van der Waals surface area contributed by atoms with E-state index in [1.165, 1.54) is 11.1 Å². The molecule has 730 valence electrons. The van der Waals surface area contributed by atoms with E-state index >= 15 is 0 Å². The van der Waals surface area contributed by atoms with Gasteiger partial charge in [0.15, 0.2) is 12.5 Å². The van der Waals surface area contributed by atoms with Gasteiger partial charge in [-0.25, -0.2) is 13.2 Å². The highest BCUT2D eigenvalue weighted by atomic mass is 35.5. The number of halogens is 4. The smallest absolute Gasteiger partial charge is 0.295 e. The van der Waals surface area contributed by atoms with Crippen LogP contribution in [0.2, 0.25) is 0 Å². The van der Waals surface area contributed by atoms with Gasteiger partial charge in [0.25, 0.3) is 24.8 Å². The lowest BCUT2D eigenvalue weighted by atomic mass is 10.1. The highest BCUT2D eigenvalue weighted by Gasteiger charge is 2.32. The van der Waals surface area contributed by atoms with E-state index in [0.717, 1.165) is 66.2 Å². The quantitative estimate of drug-likeness (QED) is 0.0140. The van der Waals surface area contributed by atoms with Crippen LogP contribution in [0.1, 0.15) is 65.2 Å². The third-order valence-corrected chi connectivity index (χ3v) is 21.0. The van der Waals surface area contributed by atoms with Crippen LogP contribution in [-0.4, -0.2) is 265 Å². The zero-order valence-electron chi connectivity index (χ0n) is 76.3. The maximum Gasteiger partial charge on any atom is 0.295 e. The predicted octanol–water partition coefficient (Wildman–Crippen LogP) is 11.0. The molecule has 0 saturated carbocycles. The second-order valence-electron chi connectivity index (χ2n) is 31.1. The molecule has 5 aliphatic heterocycles. The van der Waals surface area contributed by atoms with Crippen LogP contribution in [-0.2, 0) is 124 Å². The zero-order valence-corrected chi connectivity index (χ0v) is 77.1. The van der Waals surface area contributed by atoms with E-state index in [-0.39, 0.29) is 132 Å². The van der Waals surface area contributed by atoms with Crippen molar-refractivity contribution in [2.45, 2.75) is 101 Å². The number of ether oxygens (including phenoxy) is 10. The van der Waals surface area contributed by atoms with Gasteiger partial charge in [0.1, 0.15) is 46.5 Å². The maximum absolute atomic E-state index is 12.7. The first-order valence-corrected chi connectivity index (χ1v) is 44.7. The van der Waals surface area contributed by atoms with Crippen LogP contribution in [0.25, 0.3) is 0 Å². The molecule has 8 atom stereocenters. The summed E-state index contributed by atoms with van der Waals surface area (Å²) in [5.41, 5.74) is 9.84. The number of aliphatic hydroxyl groups is 3. The number of nitrogens with one attached hydrogen (secondary N) is 4. The molecule has 0 aliphatic carbocycles. The minimum atomic E-state index is -1.00. The Morgan fingerprint density at radius 3 is 1.14 bits per heavy atom. The van der Waals surface area contributed by atoms with Gasteiger partial charge in [-0.1, -0.05) is 279 Å². The summed E-state index contributed by atoms with van der Waals surface area (Å²) in [6.45, 7) is 10.1. The Labute approximate surface area is 800 Å². The summed E-state index contributed by atoms with van der Waals surface area (Å²) in [4.78, 5) is 86.7. The summed E-state index contributed by atoms with van der Waals surface area (Å²) in [5.74, 6) is -0.910. The van der Waals surface area contributed by atoms with Crippen LogP contribution in [0.4, 0.5) is 13.2 Å². The van der Waals surface area contributed by atoms with Gasteiger partial charge < -0.3 is 98.7 Å². The number of hydrogen-bond donors (Lipinski definition) is 7. The molecule has 28 nitrogen and oxygen atoms in total. The minimum absolute atomic E-state index is 0. The van der Waals surface area contributed by atoms with Crippen molar-refractivity contribution in [1.82, 2.24) is 40.9 Å². The van der Waals surface area contributed by atoms with Gasteiger partial charge in [-0.15, -0.1) is 12.4 Å². The zero-order chi connectivity index (χ0) is 95.8. The van der Waals surface area contributed by atoms with Gasteiger partial charge in [0.05, 0.1) is 135 Å². The van der Waals surface area contributed by atoms with Crippen LogP contribution in [0.15, 0.2) is 303 Å². The lowest BCUT2D eigenvalue weighted by Gasteiger charge is -2.35. The van der Waals surface area contributed by atoms with Gasteiger partial charge in [0.2, 0.25) is 17.7 Å². The first-order valence-electron chi connectivity index (χ1n) is 44.7. The fourth-order valence-electron chi connectivity index (χ4n) is 13.6. The van der Waals surface area contributed by atoms with Crippen LogP contribution in [0, 0.1) is 0 Å². The van der Waals surface area contributed by atoms with Gasteiger partial charge in [-0.2, -0.15) is 0 Å². The molecule has 5 heterocycles. The Hall–Kier alpha value is -12.0. The van der Waals surface area contributed by atoms with Gasteiger partial charge in [-0.05, 0) is 68.8 Å². The van der Waals surface area contributed by atoms with Crippen LogP contribution >= 0.6 is 12.4 Å². The summed E-state index contributed by atoms with van der Waals surface area (Å²) in [6, 6.07) is 95.6. The molecule has 0 unspecified atom stereocenters. The first kappa shape index (κ1) is 111. The van der Waals surface area contributed by atoms with Crippen molar-refractivity contribution >= 4 is 54.9 Å². The highest BCUT2D eigenvalue weighted by molar-refractivity contribution is 5.95. The largest absolute Gasteiger partial charge is 0.441 e. The molecule has 5 saturated heterocycles. The summed E-state index contributed by atoms with van der Waals surface area (Å²) < 4.78 is 89.1. The molecule has 7 N–H and O–H groups in total. The number of benzene rings is 10. The van der Waals surface area contributed by atoms with Crippen molar-refractivity contribution in [2.75, 3.05) is 139 Å². The third kappa shape index (κ3) is 43.8. The SMILES string of the molecule is Cl.FC[C@@H]1COCCN1.FC[C@@H]1COCCN1Cc1ccccc1.O=C1COC[C@@H](CF)N1Cc1ccccc1.O=C1COC[C@@H](CO)N1Cc1ccccc1.O=C1COC[C@@H](COCc2ccccc2)N1Cc1ccccc1.O=CO[C@@H](CO)NC(=O)c1ccccc1.O=CO[C@@H](COCc1ccccc1)NC(=O)c1ccccc1.OC[C@@H](COCc1ccccc1)NCc1ccccc1. The summed E-state index contributed by atoms with van der Waals surface area (Å²) in [6.07, 6.45) is -1.83. The number of rotatable bonds is 37. The van der Waals surface area contributed by atoms with Gasteiger partial charge in [-0.3, -0.25) is 38.5 Å². The normalized spacial score (nSPS) is 17.3. The average Bonchev–Trinajstić information content (AvgIpc) is 0.854. The number of amides is 5. The molecule has 0 aromatic heterocycles. The van der Waals surface area contributed by atoms with E-state index in [0.29, 0.717) is 103 Å². The Morgan fingerprint density at radius 2 is 0.750 bits per heavy atom. The maximum atomic E-state index is 12.7. The fraction of sp³-hybridized carbons (Fsp3) is 0.356. The molecule has 32 heteroatoms. The van der Waals surface area contributed by atoms with Crippen molar-refractivity contribution < 1.29 is 109 Å². The van der Waals surface area contributed by atoms with Crippen molar-refractivity contribution in [3.8, 4) is 0 Å². The van der Waals surface area contributed by atoms with Crippen molar-refractivity contribution in [3.05, 3.63) is 359 Å². The summed E-state index contributed by atoms with van der Waals surface area (Å²) >= 11 is 0. The molecule has 5 aliphatic rings. The Kier molecular flexibility index (Phi) is 55.6. The molecule has 10 aromatic rings. The van der Waals surface area contributed by atoms with Crippen LogP contribution < -0.4 is 21.3 Å². The molecule has 5 amide bonds. The monoisotopic (exact) mass is 1900 g/mol. The van der Waals surface area contributed by atoms with E-state index in [1.54, 1.807) is 64.4 Å². The molecule has 10 aromatic carbocycles. The number of carbonyl (C=O) groups is 7. The lowest BCUT2D eigenvalue weighted by molar-refractivity contribution is -0.152. The molecule has 0 bridgehead atoms. The second kappa shape index (κ2) is 68.1. The minimum Gasteiger partial charge on any atom is -0.441 e. The molecule has 5 fully saturated rings. The number of morpholine rings is 5. The molecule has 136 heavy (non-hydrogen) atoms. The number of nitrogens with zero attached hydrogens (tertiary/aromatic N) is 4. The Morgan fingerprint density at radius 1 is 0.397 bits per heavy atom. The van der Waals surface area contributed by atoms with Crippen molar-refractivity contribution in [3.63, 3.8) is 0 Å². The summed E-state index contributed by atoms with van der Waals surface area (Å²) in [5, 5.41) is 38.5. The lowest BCUT2D eigenvalue weighted by Crippen LogP contribution is -2.50. The number of carbonyl (C=O) groups excluding carboxylic acids is 7. The highest BCUT2D eigenvalue weighted by Crippen LogP contribution is 2.20. The van der Waals surface area contributed by atoms with Crippen molar-refractivity contribution in [1.29, 1.82) is 0 Å². The van der Waals surface area contributed by atoms with E-state index in [2.05, 4.69) is 55.2 Å². The van der Waals surface area contributed by atoms with Crippen molar-refractivity contribution in [2.24, 2.45) is 0 Å². The van der Waals surface area contributed by atoms with E-state index in [1.807, 2.05) is 229 Å². The third-order valence-electron chi connectivity index (χ3n) is 21.0. The standard InChI is InChI=1S/C19H21NO3.C17H17NO4.C17H21NO2.C12H14FNO2.C12H16FNO.C12H15NO3.C10H11NO4.C5H10FNO.ClH/c21-19-15-23-14-18(13-22-12-17-9-5-2-6-10-17)20(19)11-16-7-3-1-4-8-16;19-13-22-16(12-21-11-14-7-3-1-4-8-14)18-17(20)15-9-5-2-6-10-15;19-12-17(18-11-15-7-3-1-4-8-15)14-20-13-16-9-5-2-6-10-16;13-6-11-8-16-9-12(15)14(11)7-10-4-2-1-3-5-10;13-8-12-10-15-7-6-14(12)9-11-4-2-1-3-5-11;14-7-11-8-16-9-12(15)13(11)6-10-4-2-1-3-5-10;12-6-9(15-7-13)11-10(14)8-4-2-1-3-5-8;6-3-5-4-8-2-1-7-5;/h1-10,18H,11-15H2;1-10,13,16H,11-12H2,(H,18,20);1-10,17-19H,11-14H2;1-5,11H,6-9H2;1-5,12H,6-10H2;1-5,11,14H,6-9H2;1-5,7,9,12H,6H2,(H,11,14);5,7H,1-4H2;1H/t18-;16-;17-;11-;12-;11-;9-;5-;/m10011101./s1. The van der Waals surface area contributed by atoms with Crippen LogP contribution in [0.5, 0.6) is 0 Å². The fourth-order valence-corrected chi connectivity index (χ4v) is 13.6.